The highest BCUT2D eigenvalue weighted by Crippen LogP contribution is 2.15. The fourth-order valence-corrected chi connectivity index (χ4v) is 1.04. The third-order valence-corrected chi connectivity index (χ3v) is 1.83. The smallest absolute Gasteiger partial charge is 0.175 e. The van der Waals surface area contributed by atoms with Crippen LogP contribution in [0.15, 0.2) is 27.0 Å². The van der Waals surface area contributed by atoms with Crippen molar-refractivity contribution in [2.24, 2.45) is 16.7 Å². The van der Waals surface area contributed by atoms with Gasteiger partial charge >= 0.3 is 0 Å². The van der Waals surface area contributed by atoms with Crippen LogP contribution in [0.1, 0.15) is 0 Å². The van der Waals surface area contributed by atoms with Crippen LogP contribution in [0.2, 0.25) is 0 Å². The van der Waals surface area contributed by atoms with Gasteiger partial charge in [0.25, 0.3) is 0 Å². The summed E-state index contributed by atoms with van der Waals surface area (Å²) in [5, 5.41) is 14.6. The van der Waals surface area contributed by atoms with Crippen LogP contribution < -0.4 is 11.6 Å². The van der Waals surface area contributed by atoms with Crippen LogP contribution in [-0.4, -0.2) is 16.0 Å². The average molecular weight is 185 g/mol. The molecule has 0 aliphatic carbocycles. The van der Waals surface area contributed by atoms with E-state index in [4.69, 9.17) is 17.0 Å². The summed E-state index contributed by atoms with van der Waals surface area (Å²) in [7, 11) is 0. The number of nitrogens with two attached hydrogens (primary N) is 2. The maximum atomic E-state index is 7.32. The Bertz CT molecular complexity index is 293. The zero-order chi connectivity index (χ0) is 8.97. The molecular formula is C5H7N5OS. The molecule has 0 atom stereocenters. The van der Waals surface area contributed by atoms with E-state index < -0.39 is 0 Å². The van der Waals surface area contributed by atoms with Crippen LogP contribution >= 0.6 is 11.8 Å². The van der Waals surface area contributed by atoms with Crippen LogP contribution in [-0.2, 0) is 0 Å². The minimum Gasteiger partial charge on any atom is -0.380 e. The van der Waals surface area contributed by atoms with Crippen molar-refractivity contribution in [3.63, 3.8) is 0 Å². The second-order valence-corrected chi connectivity index (χ2v) is 2.81. The van der Waals surface area contributed by atoms with Crippen molar-refractivity contribution in [3.8, 4) is 0 Å². The molecule has 7 heteroatoms. The fourth-order valence-electron chi connectivity index (χ4n) is 0.470. The second kappa shape index (κ2) is 3.77. The molecule has 0 amide bonds. The third kappa shape index (κ3) is 1.99. The predicted molar refractivity (Wildman–Crippen MR) is 45.9 cm³/mol. The molecule has 0 spiro atoms. The molecule has 5 N–H and O–H groups in total. The van der Waals surface area contributed by atoms with Gasteiger partial charge in [0, 0.05) is 6.07 Å². The number of hydrazone groups is 1. The lowest BCUT2D eigenvalue weighted by Crippen LogP contribution is -2.21. The predicted octanol–water partition coefficient (Wildman–Crippen LogP) is -0.0251. The van der Waals surface area contributed by atoms with Crippen LogP contribution in [0, 0.1) is 5.41 Å². The molecule has 12 heavy (non-hydrogen) atoms. The fraction of sp³-hybridized carbons (Fsp3) is 0. The quantitative estimate of drug-likeness (QED) is 0.187. The van der Waals surface area contributed by atoms with Gasteiger partial charge in [-0.2, -0.15) is 5.10 Å². The summed E-state index contributed by atoms with van der Waals surface area (Å²) in [6.45, 7) is 0. The number of nitrogens with zero attached hydrogens (tertiary/aromatic N) is 2. The highest BCUT2D eigenvalue weighted by Gasteiger charge is 2.06. The Hall–Kier alpha value is -1.50. The minimum absolute atomic E-state index is 0.0250. The summed E-state index contributed by atoms with van der Waals surface area (Å²) in [6.07, 6.45) is 1.41. The normalized spacial score (nSPS) is 11.5. The standard InChI is InChI=1S/C5H7N5OS/c6-4(9-8)5(7)12-3-1-2-11-10-3/h1-2,7H,8H2,(H2,6,9). The molecule has 0 aliphatic rings. The molecule has 0 saturated heterocycles. The van der Waals surface area contributed by atoms with E-state index in [9.17, 15) is 0 Å². The third-order valence-electron chi connectivity index (χ3n) is 0.993. The van der Waals surface area contributed by atoms with Gasteiger partial charge in [-0.05, 0) is 11.8 Å². The SMILES string of the molecule is N=C(Sc1ccon1)C(N)=NN. The van der Waals surface area contributed by atoms with E-state index in [-0.39, 0.29) is 10.9 Å². The van der Waals surface area contributed by atoms with Crippen LogP contribution in [0.5, 0.6) is 0 Å². The summed E-state index contributed by atoms with van der Waals surface area (Å²) in [5.41, 5.74) is 5.25. The van der Waals surface area contributed by atoms with Crippen molar-refractivity contribution in [1.82, 2.24) is 5.16 Å². The number of thioether (sulfide) groups is 1. The number of hydrogen-bond donors (Lipinski definition) is 3. The van der Waals surface area contributed by atoms with E-state index in [1.165, 1.54) is 6.26 Å². The second-order valence-electron chi connectivity index (χ2n) is 1.78. The molecule has 0 radical (unpaired) electrons. The number of nitrogens with one attached hydrogen (secondary N) is 1. The Morgan fingerprint density at radius 1 is 1.75 bits per heavy atom. The molecule has 1 rings (SSSR count). The summed E-state index contributed by atoms with van der Waals surface area (Å²) >= 11 is 1.03. The molecule has 0 unspecified atom stereocenters. The van der Waals surface area contributed by atoms with Crippen molar-refractivity contribution >= 4 is 22.6 Å². The lowest BCUT2D eigenvalue weighted by atomic mass is 10.7. The Labute approximate surface area is 72.5 Å². The zero-order valence-electron chi connectivity index (χ0n) is 6.02. The van der Waals surface area contributed by atoms with E-state index in [2.05, 4.69) is 14.8 Å². The number of rotatable bonds is 1. The lowest BCUT2D eigenvalue weighted by Gasteiger charge is -1.96. The molecule has 1 aromatic heterocycles. The Morgan fingerprint density at radius 2 is 2.50 bits per heavy atom. The molecule has 1 aromatic rings. The van der Waals surface area contributed by atoms with Crippen molar-refractivity contribution in [2.45, 2.75) is 5.03 Å². The van der Waals surface area contributed by atoms with Crippen molar-refractivity contribution < 1.29 is 4.52 Å². The summed E-state index contributed by atoms with van der Waals surface area (Å²) in [6, 6.07) is 1.61. The monoisotopic (exact) mass is 185 g/mol. The van der Waals surface area contributed by atoms with Gasteiger partial charge < -0.3 is 16.1 Å². The van der Waals surface area contributed by atoms with Crippen LogP contribution in [0.4, 0.5) is 0 Å². The van der Waals surface area contributed by atoms with Gasteiger partial charge in [0.15, 0.2) is 5.84 Å². The van der Waals surface area contributed by atoms with Gasteiger partial charge in [-0.15, -0.1) is 0 Å². The Balaban J connectivity index is 2.59. The Morgan fingerprint density at radius 3 is 3.00 bits per heavy atom. The molecular weight excluding hydrogens is 178 g/mol. The molecule has 64 valence electrons. The maximum absolute atomic E-state index is 7.32. The molecule has 0 saturated carbocycles. The van der Waals surface area contributed by atoms with Gasteiger partial charge in [0.1, 0.15) is 16.3 Å². The van der Waals surface area contributed by atoms with Crippen molar-refractivity contribution in [1.29, 1.82) is 5.41 Å². The van der Waals surface area contributed by atoms with E-state index in [0.717, 1.165) is 11.8 Å². The van der Waals surface area contributed by atoms with Crippen LogP contribution in [0.25, 0.3) is 0 Å². The van der Waals surface area contributed by atoms with Gasteiger partial charge in [0.05, 0.1) is 0 Å². The topological polar surface area (TPSA) is 114 Å². The molecule has 1 heterocycles. The Kier molecular flexibility index (Phi) is 2.70. The van der Waals surface area contributed by atoms with Crippen molar-refractivity contribution in [2.75, 3.05) is 0 Å². The van der Waals surface area contributed by atoms with E-state index >= 15 is 0 Å². The number of aromatic nitrogens is 1. The molecule has 0 aromatic carbocycles. The van der Waals surface area contributed by atoms with Gasteiger partial charge in [-0.25, -0.2) is 0 Å². The van der Waals surface area contributed by atoms with Crippen molar-refractivity contribution in [3.05, 3.63) is 12.3 Å². The van der Waals surface area contributed by atoms with Gasteiger partial charge in [-0.3, -0.25) is 5.41 Å². The van der Waals surface area contributed by atoms with E-state index in [0.29, 0.717) is 5.03 Å². The van der Waals surface area contributed by atoms with E-state index in [1.807, 2.05) is 0 Å². The largest absolute Gasteiger partial charge is 0.380 e. The zero-order valence-corrected chi connectivity index (χ0v) is 6.84. The first-order chi connectivity index (χ1) is 5.74. The first-order valence-corrected chi connectivity index (χ1v) is 3.76. The number of amidine groups is 1. The van der Waals surface area contributed by atoms with Crippen LogP contribution in [0.3, 0.4) is 0 Å². The molecule has 0 bridgehead atoms. The average Bonchev–Trinajstić information content (AvgIpc) is 2.55. The minimum atomic E-state index is -0.0250. The van der Waals surface area contributed by atoms with Gasteiger partial charge in [0.2, 0.25) is 0 Å². The number of hydrogen-bond acceptors (Lipinski definition) is 6. The van der Waals surface area contributed by atoms with E-state index in [1.54, 1.807) is 6.07 Å². The highest BCUT2D eigenvalue weighted by molar-refractivity contribution is 8.15. The summed E-state index contributed by atoms with van der Waals surface area (Å²) < 4.78 is 4.55. The maximum Gasteiger partial charge on any atom is 0.175 e. The summed E-state index contributed by atoms with van der Waals surface area (Å²) in [5.74, 6) is 4.84. The lowest BCUT2D eigenvalue weighted by molar-refractivity contribution is 0.404. The van der Waals surface area contributed by atoms with Gasteiger partial charge in [-0.1, -0.05) is 5.16 Å². The summed E-state index contributed by atoms with van der Waals surface area (Å²) in [4.78, 5) is 0. The highest BCUT2D eigenvalue weighted by atomic mass is 32.2. The molecule has 0 aliphatic heterocycles. The molecule has 6 nitrogen and oxygen atoms in total. The first-order valence-electron chi connectivity index (χ1n) is 2.94. The molecule has 0 fully saturated rings. The first kappa shape index (κ1) is 8.60.